The third kappa shape index (κ3) is 4.48. The number of ether oxygens (including phenoxy) is 1. The maximum absolute atomic E-state index is 11.8. The highest BCUT2D eigenvalue weighted by Crippen LogP contribution is 2.24. The summed E-state index contributed by atoms with van der Waals surface area (Å²) >= 11 is 3.37. The SMILES string of the molecule is CCC(=O)c1cc(Br)ccc1OCCN(C)C. The molecule has 0 aliphatic rings. The normalized spacial score (nSPS) is 10.6. The fraction of sp³-hybridized carbons (Fsp3) is 0.462. The molecule has 0 radical (unpaired) electrons. The number of rotatable bonds is 6. The number of benzene rings is 1. The van der Waals surface area contributed by atoms with Gasteiger partial charge in [-0.3, -0.25) is 4.79 Å². The van der Waals surface area contributed by atoms with E-state index >= 15 is 0 Å². The highest BCUT2D eigenvalue weighted by atomic mass is 79.9. The number of hydrogen-bond acceptors (Lipinski definition) is 3. The average Bonchev–Trinajstić information content (AvgIpc) is 2.29. The highest BCUT2D eigenvalue weighted by Gasteiger charge is 2.11. The molecule has 1 rings (SSSR count). The number of Topliss-reactive ketones (excluding diaryl/α,β-unsaturated/α-hetero) is 1. The Kier molecular flexibility index (Phi) is 5.65. The summed E-state index contributed by atoms with van der Waals surface area (Å²) in [4.78, 5) is 13.8. The Balaban J connectivity index is 2.79. The molecule has 0 saturated carbocycles. The minimum atomic E-state index is 0.103. The molecule has 0 atom stereocenters. The molecule has 4 heteroatoms. The summed E-state index contributed by atoms with van der Waals surface area (Å²) in [6.07, 6.45) is 0.487. The van der Waals surface area contributed by atoms with E-state index in [0.717, 1.165) is 11.0 Å². The van der Waals surface area contributed by atoms with Crippen molar-refractivity contribution in [2.75, 3.05) is 27.2 Å². The number of likely N-dealkylation sites (N-methyl/N-ethyl adjacent to an activating group) is 1. The fourth-order valence-electron chi connectivity index (χ4n) is 1.37. The van der Waals surface area contributed by atoms with Gasteiger partial charge in [-0.1, -0.05) is 22.9 Å². The molecular weight excluding hydrogens is 282 g/mol. The molecule has 0 aliphatic heterocycles. The molecule has 0 N–H and O–H groups in total. The molecule has 0 heterocycles. The van der Waals surface area contributed by atoms with Crippen LogP contribution < -0.4 is 4.74 Å². The minimum absolute atomic E-state index is 0.103. The smallest absolute Gasteiger partial charge is 0.166 e. The van der Waals surface area contributed by atoms with Crippen LogP contribution in [0.3, 0.4) is 0 Å². The standard InChI is InChI=1S/C13H18BrNO2/c1-4-12(16)11-9-10(14)5-6-13(11)17-8-7-15(2)3/h5-6,9H,4,7-8H2,1-3H3. The van der Waals surface area contributed by atoms with Gasteiger partial charge in [-0.25, -0.2) is 0 Å². The highest BCUT2D eigenvalue weighted by molar-refractivity contribution is 9.10. The van der Waals surface area contributed by atoms with Crippen LogP contribution in [0.5, 0.6) is 5.75 Å². The molecule has 1 aromatic rings. The van der Waals surface area contributed by atoms with Gasteiger partial charge in [0.05, 0.1) is 5.56 Å². The average molecular weight is 300 g/mol. The van der Waals surface area contributed by atoms with Crippen molar-refractivity contribution in [3.63, 3.8) is 0 Å². The summed E-state index contributed by atoms with van der Waals surface area (Å²) in [5.41, 5.74) is 0.653. The molecular formula is C13H18BrNO2. The van der Waals surface area contributed by atoms with Gasteiger partial charge in [0.15, 0.2) is 5.78 Å². The number of halogens is 1. The van der Waals surface area contributed by atoms with Gasteiger partial charge >= 0.3 is 0 Å². The van der Waals surface area contributed by atoms with Crippen molar-refractivity contribution in [2.45, 2.75) is 13.3 Å². The molecule has 0 unspecified atom stereocenters. The second-order valence-corrected chi connectivity index (χ2v) is 4.98. The number of carbonyl (C=O) groups is 1. The Hall–Kier alpha value is -0.870. The van der Waals surface area contributed by atoms with Crippen molar-refractivity contribution in [3.8, 4) is 5.75 Å². The van der Waals surface area contributed by atoms with E-state index in [-0.39, 0.29) is 5.78 Å². The van der Waals surface area contributed by atoms with Crippen molar-refractivity contribution < 1.29 is 9.53 Å². The summed E-state index contributed by atoms with van der Waals surface area (Å²) in [7, 11) is 3.98. The van der Waals surface area contributed by atoms with Gasteiger partial charge in [0.25, 0.3) is 0 Å². The maximum atomic E-state index is 11.8. The zero-order valence-corrected chi connectivity index (χ0v) is 12.1. The van der Waals surface area contributed by atoms with E-state index in [2.05, 4.69) is 15.9 Å². The molecule has 0 amide bonds. The van der Waals surface area contributed by atoms with E-state index in [4.69, 9.17) is 4.74 Å². The lowest BCUT2D eigenvalue weighted by atomic mass is 10.1. The summed E-state index contributed by atoms with van der Waals surface area (Å²) in [6.45, 7) is 3.27. The van der Waals surface area contributed by atoms with Crippen molar-refractivity contribution in [1.82, 2.24) is 4.90 Å². The van der Waals surface area contributed by atoms with E-state index in [1.807, 2.05) is 44.1 Å². The largest absolute Gasteiger partial charge is 0.491 e. The summed E-state index contributed by atoms with van der Waals surface area (Å²) in [6, 6.07) is 5.54. The first kappa shape index (κ1) is 14.2. The zero-order valence-electron chi connectivity index (χ0n) is 10.5. The van der Waals surface area contributed by atoms with Gasteiger partial charge < -0.3 is 9.64 Å². The first-order valence-electron chi connectivity index (χ1n) is 5.65. The molecule has 0 saturated heterocycles. The van der Waals surface area contributed by atoms with Crippen molar-refractivity contribution in [1.29, 1.82) is 0 Å². The van der Waals surface area contributed by atoms with Gasteiger partial charge in [0, 0.05) is 17.4 Å². The topological polar surface area (TPSA) is 29.5 Å². The summed E-state index contributed by atoms with van der Waals surface area (Å²) < 4.78 is 6.54. The third-order valence-corrected chi connectivity index (χ3v) is 2.85. The predicted molar refractivity (Wildman–Crippen MR) is 72.8 cm³/mol. The predicted octanol–water partition coefficient (Wildman–Crippen LogP) is 2.98. The van der Waals surface area contributed by atoms with E-state index in [1.54, 1.807) is 0 Å². The second kappa shape index (κ2) is 6.77. The van der Waals surface area contributed by atoms with E-state index in [1.165, 1.54) is 0 Å². The van der Waals surface area contributed by atoms with Gasteiger partial charge in [-0.15, -0.1) is 0 Å². The summed E-state index contributed by atoms with van der Waals surface area (Å²) in [5, 5.41) is 0. The van der Waals surface area contributed by atoms with Crippen LogP contribution in [0.25, 0.3) is 0 Å². The van der Waals surface area contributed by atoms with Crippen LogP contribution in [0.2, 0.25) is 0 Å². The van der Waals surface area contributed by atoms with Crippen LogP contribution in [0.1, 0.15) is 23.7 Å². The lowest BCUT2D eigenvalue weighted by Crippen LogP contribution is -2.20. The van der Waals surface area contributed by atoms with Gasteiger partial charge in [-0.05, 0) is 32.3 Å². The number of carbonyl (C=O) groups excluding carboxylic acids is 1. The molecule has 94 valence electrons. The quantitative estimate of drug-likeness (QED) is 0.756. The van der Waals surface area contributed by atoms with E-state index in [0.29, 0.717) is 24.3 Å². The number of nitrogens with zero attached hydrogens (tertiary/aromatic N) is 1. The molecule has 1 aromatic carbocycles. The van der Waals surface area contributed by atoms with Crippen LogP contribution in [0, 0.1) is 0 Å². The van der Waals surface area contributed by atoms with Gasteiger partial charge in [0.2, 0.25) is 0 Å². The zero-order chi connectivity index (χ0) is 12.8. The lowest BCUT2D eigenvalue weighted by molar-refractivity contribution is 0.0983. The van der Waals surface area contributed by atoms with Crippen LogP contribution in [0.15, 0.2) is 22.7 Å². The molecule has 0 aromatic heterocycles. The first-order valence-corrected chi connectivity index (χ1v) is 6.44. The van der Waals surface area contributed by atoms with Gasteiger partial charge in [0.1, 0.15) is 12.4 Å². The first-order chi connectivity index (χ1) is 8.04. The summed E-state index contributed by atoms with van der Waals surface area (Å²) in [5.74, 6) is 0.771. The van der Waals surface area contributed by atoms with E-state index in [9.17, 15) is 4.79 Å². The Morgan fingerprint density at radius 2 is 2.12 bits per heavy atom. The molecule has 3 nitrogen and oxygen atoms in total. The van der Waals surface area contributed by atoms with Crippen LogP contribution in [0.4, 0.5) is 0 Å². The minimum Gasteiger partial charge on any atom is -0.491 e. The Bertz CT molecular complexity index is 391. The Labute approximate surface area is 111 Å². The number of hydrogen-bond donors (Lipinski definition) is 0. The molecule has 17 heavy (non-hydrogen) atoms. The van der Waals surface area contributed by atoms with Gasteiger partial charge in [-0.2, -0.15) is 0 Å². The Morgan fingerprint density at radius 3 is 2.71 bits per heavy atom. The van der Waals surface area contributed by atoms with E-state index < -0.39 is 0 Å². The number of ketones is 1. The monoisotopic (exact) mass is 299 g/mol. The molecule has 0 bridgehead atoms. The fourth-order valence-corrected chi connectivity index (χ4v) is 1.74. The lowest BCUT2D eigenvalue weighted by Gasteiger charge is -2.13. The third-order valence-electron chi connectivity index (χ3n) is 2.36. The van der Waals surface area contributed by atoms with Crippen LogP contribution in [-0.2, 0) is 0 Å². The molecule has 0 fully saturated rings. The second-order valence-electron chi connectivity index (χ2n) is 4.07. The van der Waals surface area contributed by atoms with Crippen molar-refractivity contribution in [3.05, 3.63) is 28.2 Å². The van der Waals surface area contributed by atoms with Crippen LogP contribution in [-0.4, -0.2) is 37.9 Å². The Morgan fingerprint density at radius 1 is 1.41 bits per heavy atom. The molecule has 0 spiro atoms. The maximum Gasteiger partial charge on any atom is 0.166 e. The van der Waals surface area contributed by atoms with Crippen molar-refractivity contribution in [2.24, 2.45) is 0 Å². The molecule has 0 aliphatic carbocycles. The van der Waals surface area contributed by atoms with Crippen molar-refractivity contribution >= 4 is 21.7 Å². The van der Waals surface area contributed by atoms with Crippen LogP contribution >= 0.6 is 15.9 Å².